The second kappa shape index (κ2) is 4.91. The van der Waals surface area contributed by atoms with Crippen molar-refractivity contribution in [3.05, 3.63) is 59.3 Å². The fourth-order valence-electron chi connectivity index (χ4n) is 2.75. The molecule has 0 saturated heterocycles. The molecule has 0 bridgehead atoms. The Kier molecular flexibility index (Phi) is 2.92. The number of fused-ring (bicyclic) bond motifs is 1. The Morgan fingerprint density at radius 1 is 1.05 bits per heavy atom. The van der Waals surface area contributed by atoms with Gasteiger partial charge in [0.05, 0.1) is 0 Å². The largest absolute Gasteiger partial charge is 0.348 e. The Morgan fingerprint density at radius 2 is 1.80 bits per heavy atom. The van der Waals surface area contributed by atoms with E-state index in [1.54, 1.807) is 0 Å². The summed E-state index contributed by atoms with van der Waals surface area (Å²) in [5.74, 6) is 1.08. The van der Waals surface area contributed by atoms with E-state index in [0.29, 0.717) is 0 Å². The normalized spacial score (nSPS) is 17.3. The van der Waals surface area contributed by atoms with E-state index in [4.69, 9.17) is 0 Å². The number of nitrogens with zero attached hydrogens (tertiary/aromatic N) is 2. The van der Waals surface area contributed by atoms with E-state index in [2.05, 4.69) is 51.6 Å². The molecule has 1 aromatic carbocycles. The monoisotopic (exact) mass is 265 g/mol. The lowest BCUT2D eigenvalue weighted by atomic mass is 10.1. The van der Waals surface area contributed by atoms with Gasteiger partial charge in [0, 0.05) is 31.9 Å². The summed E-state index contributed by atoms with van der Waals surface area (Å²) in [5, 5.41) is 3.52. The first-order chi connectivity index (χ1) is 9.88. The fraction of sp³-hybridized carbons (Fsp3) is 0.353. The van der Waals surface area contributed by atoms with E-state index < -0.39 is 0 Å². The fourth-order valence-corrected chi connectivity index (χ4v) is 2.75. The molecule has 1 fully saturated rings. The maximum atomic E-state index is 4.63. The van der Waals surface area contributed by atoms with Crippen molar-refractivity contribution in [2.75, 3.05) is 4.90 Å². The maximum absolute atomic E-state index is 4.63. The van der Waals surface area contributed by atoms with E-state index in [1.165, 1.54) is 29.5 Å². The quantitative estimate of drug-likeness (QED) is 0.921. The topological polar surface area (TPSA) is 28.2 Å². The minimum absolute atomic E-state index is 0.753. The van der Waals surface area contributed by atoms with E-state index >= 15 is 0 Å². The molecule has 4 rings (SSSR count). The molecule has 20 heavy (non-hydrogen) atoms. The number of nitrogens with one attached hydrogen (secondary N) is 1. The van der Waals surface area contributed by atoms with Gasteiger partial charge in [0.2, 0.25) is 0 Å². The Bertz CT molecular complexity index is 577. The average molecular weight is 265 g/mol. The summed E-state index contributed by atoms with van der Waals surface area (Å²) >= 11 is 0. The number of anilines is 1. The molecule has 1 aliphatic heterocycles. The third-order valence-corrected chi connectivity index (χ3v) is 4.15. The Morgan fingerprint density at radius 3 is 2.40 bits per heavy atom. The summed E-state index contributed by atoms with van der Waals surface area (Å²) in [6.45, 7) is 2.89. The lowest BCUT2D eigenvalue weighted by Crippen LogP contribution is -2.17. The van der Waals surface area contributed by atoms with Crippen molar-refractivity contribution < 1.29 is 0 Å². The Hall–Kier alpha value is -1.87. The van der Waals surface area contributed by atoms with Crippen molar-refractivity contribution in [3.8, 4) is 0 Å². The maximum Gasteiger partial charge on any atom is 0.129 e. The van der Waals surface area contributed by atoms with Crippen LogP contribution >= 0.6 is 0 Å². The van der Waals surface area contributed by atoms with Crippen molar-refractivity contribution in [2.45, 2.75) is 38.5 Å². The van der Waals surface area contributed by atoms with Gasteiger partial charge >= 0.3 is 0 Å². The molecule has 3 nitrogen and oxygen atoms in total. The van der Waals surface area contributed by atoms with Gasteiger partial charge in [-0.15, -0.1) is 0 Å². The van der Waals surface area contributed by atoms with Gasteiger partial charge in [0.15, 0.2) is 0 Å². The summed E-state index contributed by atoms with van der Waals surface area (Å²) in [4.78, 5) is 6.96. The molecule has 0 radical (unpaired) electrons. The summed E-state index contributed by atoms with van der Waals surface area (Å²) in [7, 11) is 0. The van der Waals surface area contributed by atoms with Crippen molar-refractivity contribution in [1.29, 1.82) is 0 Å². The molecule has 1 aromatic heterocycles. The second-order valence-corrected chi connectivity index (χ2v) is 5.80. The van der Waals surface area contributed by atoms with Crippen LogP contribution in [0.5, 0.6) is 0 Å². The van der Waals surface area contributed by atoms with Crippen LogP contribution in [-0.4, -0.2) is 11.0 Å². The van der Waals surface area contributed by atoms with Gasteiger partial charge in [0.1, 0.15) is 5.82 Å². The van der Waals surface area contributed by atoms with E-state index in [0.717, 1.165) is 31.5 Å². The van der Waals surface area contributed by atoms with Crippen LogP contribution in [0.25, 0.3) is 0 Å². The van der Waals surface area contributed by atoms with Crippen molar-refractivity contribution in [1.82, 2.24) is 10.3 Å². The number of benzene rings is 1. The van der Waals surface area contributed by atoms with Crippen LogP contribution in [0.1, 0.15) is 29.5 Å². The van der Waals surface area contributed by atoms with Crippen LogP contribution in [0.4, 0.5) is 5.82 Å². The number of hydrogen-bond acceptors (Lipinski definition) is 3. The van der Waals surface area contributed by atoms with Gasteiger partial charge in [-0.25, -0.2) is 4.98 Å². The highest BCUT2D eigenvalue weighted by atomic mass is 15.2. The van der Waals surface area contributed by atoms with Crippen molar-refractivity contribution >= 4 is 5.82 Å². The molecule has 102 valence electrons. The minimum Gasteiger partial charge on any atom is -0.348 e. The summed E-state index contributed by atoms with van der Waals surface area (Å²) in [5.41, 5.74) is 4.12. The lowest BCUT2D eigenvalue weighted by Gasteiger charge is -2.16. The predicted molar refractivity (Wildman–Crippen MR) is 80.4 cm³/mol. The minimum atomic E-state index is 0.753. The molecule has 1 N–H and O–H groups in total. The highest BCUT2D eigenvalue weighted by Gasteiger charge is 2.21. The molecular weight excluding hydrogens is 246 g/mol. The van der Waals surface area contributed by atoms with Crippen LogP contribution in [0.2, 0.25) is 0 Å². The molecule has 2 aromatic rings. The van der Waals surface area contributed by atoms with Crippen molar-refractivity contribution in [2.24, 2.45) is 0 Å². The molecule has 2 aliphatic rings. The number of rotatable bonds is 4. The molecule has 0 amide bonds. The molecule has 0 spiro atoms. The Labute approximate surface area is 119 Å². The SMILES string of the molecule is c1ccc2c(c1)CN(c1ccc(CNC3CC3)cn1)C2. The molecule has 1 saturated carbocycles. The predicted octanol–water partition coefficient (Wildman–Crippen LogP) is 2.85. The first-order valence-corrected chi connectivity index (χ1v) is 7.38. The summed E-state index contributed by atoms with van der Waals surface area (Å²) in [6, 6.07) is 13.7. The van der Waals surface area contributed by atoms with Gasteiger partial charge in [0.25, 0.3) is 0 Å². The van der Waals surface area contributed by atoms with Gasteiger partial charge < -0.3 is 10.2 Å². The van der Waals surface area contributed by atoms with Gasteiger partial charge in [-0.3, -0.25) is 0 Å². The van der Waals surface area contributed by atoms with Crippen LogP contribution in [0.3, 0.4) is 0 Å². The molecule has 0 atom stereocenters. The van der Waals surface area contributed by atoms with Gasteiger partial charge in [-0.1, -0.05) is 30.3 Å². The molecule has 3 heteroatoms. The number of hydrogen-bond donors (Lipinski definition) is 1. The Balaban J connectivity index is 1.44. The van der Waals surface area contributed by atoms with Crippen LogP contribution in [0.15, 0.2) is 42.6 Å². The first kappa shape index (κ1) is 11.9. The zero-order valence-electron chi connectivity index (χ0n) is 11.5. The highest BCUT2D eigenvalue weighted by molar-refractivity contribution is 5.47. The highest BCUT2D eigenvalue weighted by Crippen LogP contribution is 2.26. The second-order valence-electron chi connectivity index (χ2n) is 5.80. The smallest absolute Gasteiger partial charge is 0.129 e. The summed E-state index contributed by atoms with van der Waals surface area (Å²) in [6.07, 6.45) is 4.67. The standard InChI is InChI=1S/C17H19N3/c1-2-4-15-12-20(11-14(15)3-1)17-8-5-13(10-19-17)9-18-16-6-7-16/h1-5,8,10,16,18H,6-7,9,11-12H2. The first-order valence-electron chi connectivity index (χ1n) is 7.38. The third kappa shape index (κ3) is 2.41. The number of aromatic nitrogens is 1. The lowest BCUT2D eigenvalue weighted by molar-refractivity contribution is 0.685. The third-order valence-electron chi connectivity index (χ3n) is 4.15. The molecule has 0 unspecified atom stereocenters. The van der Waals surface area contributed by atoms with Crippen LogP contribution < -0.4 is 10.2 Å². The van der Waals surface area contributed by atoms with Crippen molar-refractivity contribution in [3.63, 3.8) is 0 Å². The average Bonchev–Trinajstić information content (AvgIpc) is 3.22. The van der Waals surface area contributed by atoms with E-state index in [9.17, 15) is 0 Å². The van der Waals surface area contributed by atoms with Gasteiger partial charge in [-0.2, -0.15) is 0 Å². The summed E-state index contributed by atoms with van der Waals surface area (Å²) < 4.78 is 0. The van der Waals surface area contributed by atoms with Gasteiger partial charge in [-0.05, 0) is 35.6 Å². The van der Waals surface area contributed by atoms with Crippen LogP contribution in [-0.2, 0) is 19.6 Å². The molecular formula is C17H19N3. The molecule has 2 heterocycles. The van der Waals surface area contributed by atoms with Crippen LogP contribution in [0, 0.1) is 0 Å². The zero-order chi connectivity index (χ0) is 13.4. The molecule has 1 aliphatic carbocycles. The van der Waals surface area contributed by atoms with E-state index in [1.807, 2.05) is 6.20 Å². The zero-order valence-corrected chi connectivity index (χ0v) is 11.5. The number of pyridine rings is 1. The van der Waals surface area contributed by atoms with E-state index in [-0.39, 0.29) is 0 Å².